The first-order chi connectivity index (χ1) is 8.19. The summed E-state index contributed by atoms with van der Waals surface area (Å²) in [4.78, 5) is 26.1. The summed E-state index contributed by atoms with van der Waals surface area (Å²) in [6, 6.07) is 0. The Balaban J connectivity index is 2.33. The molecule has 0 aromatic carbocycles. The maximum Gasteiger partial charge on any atom is 0.281 e. The lowest BCUT2D eigenvalue weighted by atomic mass is 10.3. The van der Waals surface area contributed by atoms with Gasteiger partial charge in [0.05, 0.1) is 13.2 Å². The van der Waals surface area contributed by atoms with Gasteiger partial charge in [-0.05, 0) is 0 Å². The van der Waals surface area contributed by atoms with Gasteiger partial charge in [-0.1, -0.05) is 11.8 Å². The Hall–Kier alpha value is -0.790. The molecule has 1 fully saturated rings. The van der Waals surface area contributed by atoms with E-state index in [0.717, 1.165) is 5.75 Å². The molecule has 1 aliphatic rings. The third-order valence-corrected chi connectivity index (χ3v) is 3.42. The zero-order valence-electron chi connectivity index (χ0n) is 9.67. The topological polar surface area (TPSA) is 81.1 Å². The van der Waals surface area contributed by atoms with Crippen LogP contribution in [0.15, 0.2) is 0 Å². The highest BCUT2D eigenvalue weighted by Crippen LogP contribution is 2.17. The molecule has 6 nitrogen and oxygen atoms in total. The van der Waals surface area contributed by atoms with Crippen LogP contribution in [0.1, 0.15) is 6.42 Å². The molecule has 0 aliphatic carbocycles. The van der Waals surface area contributed by atoms with Gasteiger partial charge in [0, 0.05) is 38.4 Å². The molecule has 1 rings (SSSR count). The van der Waals surface area contributed by atoms with Crippen molar-refractivity contribution in [2.24, 2.45) is 0 Å². The summed E-state index contributed by atoms with van der Waals surface area (Å²) in [6.45, 7) is 1.31. The van der Waals surface area contributed by atoms with Crippen LogP contribution in [0.4, 0.5) is 4.79 Å². The van der Waals surface area contributed by atoms with E-state index in [9.17, 15) is 9.59 Å². The molecule has 0 aromatic rings. The number of aliphatic hydroxyl groups excluding tert-OH is 2. The third kappa shape index (κ3) is 4.53. The van der Waals surface area contributed by atoms with Gasteiger partial charge in [-0.15, -0.1) is 0 Å². The van der Waals surface area contributed by atoms with Gasteiger partial charge in [-0.2, -0.15) is 0 Å². The number of hydrogen-bond acceptors (Lipinski definition) is 5. The van der Waals surface area contributed by atoms with E-state index < -0.39 is 0 Å². The molecule has 17 heavy (non-hydrogen) atoms. The Morgan fingerprint density at radius 2 is 2.00 bits per heavy atom. The molecular weight excluding hydrogens is 244 g/mol. The Morgan fingerprint density at radius 1 is 1.35 bits per heavy atom. The Bertz CT molecular complexity index is 269. The molecule has 1 aliphatic heterocycles. The van der Waals surface area contributed by atoms with E-state index >= 15 is 0 Å². The van der Waals surface area contributed by atoms with Crippen LogP contribution in [0.2, 0.25) is 0 Å². The van der Waals surface area contributed by atoms with Crippen molar-refractivity contribution in [2.45, 2.75) is 6.42 Å². The quantitative estimate of drug-likeness (QED) is 0.638. The van der Waals surface area contributed by atoms with Gasteiger partial charge < -0.3 is 20.0 Å². The van der Waals surface area contributed by atoms with Crippen LogP contribution in [0.5, 0.6) is 0 Å². The molecule has 0 atom stereocenters. The lowest BCUT2D eigenvalue weighted by molar-refractivity contribution is -0.132. The number of rotatable bonds is 7. The first-order valence-corrected chi connectivity index (χ1v) is 6.58. The van der Waals surface area contributed by atoms with Crippen LogP contribution in [-0.4, -0.2) is 76.3 Å². The molecule has 0 unspecified atom stereocenters. The summed E-state index contributed by atoms with van der Waals surface area (Å²) in [5.41, 5.74) is 0. The maximum atomic E-state index is 11.7. The number of amides is 2. The van der Waals surface area contributed by atoms with Crippen molar-refractivity contribution in [1.82, 2.24) is 9.80 Å². The molecule has 2 N–H and O–H groups in total. The summed E-state index contributed by atoms with van der Waals surface area (Å²) < 4.78 is 0. The van der Waals surface area contributed by atoms with Crippen LogP contribution >= 0.6 is 11.8 Å². The fraction of sp³-hybridized carbons (Fsp3) is 0.800. The van der Waals surface area contributed by atoms with E-state index in [1.807, 2.05) is 0 Å². The van der Waals surface area contributed by atoms with Crippen LogP contribution in [0, 0.1) is 0 Å². The molecule has 0 saturated carbocycles. The summed E-state index contributed by atoms with van der Waals surface area (Å²) >= 11 is 1.27. The number of aliphatic hydroxyl groups is 2. The zero-order valence-corrected chi connectivity index (χ0v) is 10.5. The summed E-state index contributed by atoms with van der Waals surface area (Å²) in [5, 5.41) is 17.6. The molecule has 0 bridgehead atoms. The second-order valence-corrected chi connectivity index (χ2v) is 4.73. The van der Waals surface area contributed by atoms with Crippen molar-refractivity contribution in [3.05, 3.63) is 0 Å². The van der Waals surface area contributed by atoms with Crippen molar-refractivity contribution in [3.8, 4) is 0 Å². The van der Waals surface area contributed by atoms with Gasteiger partial charge in [-0.25, -0.2) is 0 Å². The summed E-state index contributed by atoms with van der Waals surface area (Å²) in [7, 11) is 0. The monoisotopic (exact) mass is 262 g/mol. The Kier molecular flexibility index (Phi) is 6.31. The van der Waals surface area contributed by atoms with Gasteiger partial charge in [0.1, 0.15) is 0 Å². The van der Waals surface area contributed by atoms with Gasteiger partial charge in [0.25, 0.3) is 5.24 Å². The zero-order chi connectivity index (χ0) is 12.7. The number of thioether (sulfide) groups is 1. The number of carbonyl (C=O) groups is 2. The molecular formula is C10H18N2O4S. The highest BCUT2D eigenvalue weighted by atomic mass is 32.2. The predicted octanol–water partition coefficient (Wildman–Crippen LogP) is -0.642. The van der Waals surface area contributed by atoms with E-state index in [1.54, 1.807) is 4.90 Å². The SMILES string of the molecule is O=C(CCN1CCSC1=O)N(CCO)CCO. The van der Waals surface area contributed by atoms with Crippen molar-refractivity contribution in [2.75, 3.05) is 45.1 Å². The van der Waals surface area contributed by atoms with Crippen LogP contribution in [-0.2, 0) is 4.79 Å². The number of carbonyl (C=O) groups excluding carboxylic acids is 2. The lowest BCUT2D eigenvalue weighted by Crippen LogP contribution is -2.38. The van der Waals surface area contributed by atoms with Crippen molar-refractivity contribution < 1.29 is 19.8 Å². The van der Waals surface area contributed by atoms with Gasteiger partial charge >= 0.3 is 0 Å². The van der Waals surface area contributed by atoms with E-state index in [0.29, 0.717) is 13.1 Å². The van der Waals surface area contributed by atoms with E-state index in [1.165, 1.54) is 16.7 Å². The second kappa shape index (κ2) is 7.52. The van der Waals surface area contributed by atoms with E-state index in [2.05, 4.69) is 0 Å². The predicted molar refractivity (Wildman–Crippen MR) is 64.8 cm³/mol. The lowest BCUT2D eigenvalue weighted by Gasteiger charge is -2.22. The second-order valence-electron chi connectivity index (χ2n) is 3.68. The minimum absolute atomic E-state index is 0.0219. The Labute approximate surface area is 105 Å². The fourth-order valence-electron chi connectivity index (χ4n) is 1.62. The summed E-state index contributed by atoms with van der Waals surface area (Å²) in [5.74, 6) is 0.641. The average Bonchev–Trinajstić information content (AvgIpc) is 2.71. The minimum atomic E-state index is -0.141. The van der Waals surface area contributed by atoms with Crippen LogP contribution in [0.25, 0.3) is 0 Å². The van der Waals surface area contributed by atoms with Gasteiger partial charge in [0.15, 0.2) is 0 Å². The minimum Gasteiger partial charge on any atom is -0.395 e. The van der Waals surface area contributed by atoms with Gasteiger partial charge in [-0.3, -0.25) is 9.59 Å². The van der Waals surface area contributed by atoms with Crippen molar-refractivity contribution >= 4 is 22.9 Å². The fourth-order valence-corrected chi connectivity index (χ4v) is 2.47. The molecule has 7 heteroatoms. The number of nitrogens with zero attached hydrogens (tertiary/aromatic N) is 2. The first kappa shape index (κ1) is 14.3. The maximum absolute atomic E-state index is 11.7. The third-order valence-electron chi connectivity index (χ3n) is 2.53. The summed E-state index contributed by atoms with van der Waals surface area (Å²) in [6.07, 6.45) is 0.242. The largest absolute Gasteiger partial charge is 0.395 e. The number of hydrogen-bond donors (Lipinski definition) is 2. The average molecular weight is 262 g/mol. The van der Waals surface area contributed by atoms with E-state index in [-0.39, 0.29) is 43.9 Å². The molecule has 0 aromatic heterocycles. The van der Waals surface area contributed by atoms with Crippen molar-refractivity contribution in [1.29, 1.82) is 0 Å². The van der Waals surface area contributed by atoms with Crippen molar-refractivity contribution in [3.63, 3.8) is 0 Å². The molecule has 1 saturated heterocycles. The first-order valence-electron chi connectivity index (χ1n) is 5.60. The van der Waals surface area contributed by atoms with E-state index in [4.69, 9.17) is 10.2 Å². The molecule has 2 amide bonds. The van der Waals surface area contributed by atoms with Gasteiger partial charge in [0.2, 0.25) is 5.91 Å². The Morgan fingerprint density at radius 3 is 2.47 bits per heavy atom. The molecule has 0 radical (unpaired) electrons. The smallest absolute Gasteiger partial charge is 0.281 e. The van der Waals surface area contributed by atoms with Crippen LogP contribution < -0.4 is 0 Å². The molecule has 0 spiro atoms. The molecule has 98 valence electrons. The molecule has 1 heterocycles. The normalized spacial score (nSPS) is 15.4. The highest BCUT2D eigenvalue weighted by Gasteiger charge is 2.22. The standard InChI is InChI=1S/C10H18N2O4S/c13-6-3-11(4-7-14)9(15)1-2-12-5-8-17-10(12)16/h13-14H,1-8H2. The van der Waals surface area contributed by atoms with Crippen LogP contribution in [0.3, 0.4) is 0 Å². The highest BCUT2D eigenvalue weighted by molar-refractivity contribution is 8.13.